The molecule has 5 rings (SSSR count). The van der Waals surface area contributed by atoms with E-state index in [1.807, 2.05) is 91.9 Å². The predicted molar refractivity (Wildman–Crippen MR) is 159 cm³/mol. The van der Waals surface area contributed by atoms with Crippen LogP contribution in [0.1, 0.15) is 45.8 Å². The number of aliphatic hydroxyl groups excluding tert-OH is 1. The topological polar surface area (TPSA) is 97.1 Å². The molecule has 7 nitrogen and oxygen atoms in total. The molecule has 3 aromatic carbocycles. The van der Waals surface area contributed by atoms with Crippen LogP contribution in [-0.2, 0) is 28.8 Å². The summed E-state index contributed by atoms with van der Waals surface area (Å²) in [7, 11) is 0. The van der Waals surface area contributed by atoms with Crippen molar-refractivity contribution in [2.24, 2.45) is 5.92 Å². The highest BCUT2D eigenvalue weighted by molar-refractivity contribution is 6.12. The van der Waals surface area contributed by atoms with Gasteiger partial charge in [0.15, 0.2) is 5.76 Å². The largest absolute Gasteiger partial charge is 0.457 e. The lowest BCUT2D eigenvalue weighted by atomic mass is 9.91. The molecule has 2 atom stereocenters. The van der Waals surface area contributed by atoms with Gasteiger partial charge < -0.3 is 14.3 Å². The van der Waals surface area contributed by atoms with Crippen molar-refractivity contribution in [2.75, 3.05) is 13.2 Å². The van der Waals surface area contributed by atoms with Gasteiger partial charge in [-0.05, 0) is 55.4 Å². The van der Waals surface area contributed by atoms with E-state index in [0.717, 1.165) is 32.7 Å². The second-order valence-electron chi connectivity index (χ2n) is 10.7. The van der Waals surface area contributed by atoms with E-state index in [-0.39, 0.29) is 25.4 Å². The highest BCUT2D eigenvalue weighted by Gasteiger charge is 2.44. The Morgan fingerprint density at radius 3 is 2.33 bits per heavy atom. The summed E-state index contributed by atoms with van der Waals surface area (Å²) >= 11 is 0. The molecule has 0 radical (unpaired) electrons. The smallest absolute Gasteiger partial charge is 0.417 e. The molecule has 0 aliphatic carbocycles. The molecule has 0 unspecified atom stereocenters. The number of carbonyl (C=O) groups excluding carboxylic acids is 3. The highest BCUT2D eigenvalue weighted by atomic mass is 16.6. The molecule has 1 aliphatic heterocycles. The van der Waals surface area contributed by atoms with E-state index in [1.54, 1.807) is 6.07 Å². The summed E-state index contributed by atoms with van der Waals surface area (Å²) < 4.78 is 11.5. The van der Waals surface area contributed by atoms with Crippen molar-refractivity contribution in [3.63, 3.8) is 0 Å². The molecule has 0 saturated carbocycles. The molecule has 2 amide bonds. The number of aryl methyl sites for hydroxylation is 2. The Hall–Kier alpha value is -4.49. The van der Waals surface area contributed by atoms with Gasteiger partial charge in [0.2, 0.25) is 11.7 Å². The van der Waals surface area contributed by atoms with E-state index in [4.69, 9.17) is 9.15 Å². The maximum atomic E-state index is 14.2. The second-order valence-corrected chi connectivity index (χ2v) is 10.7. The lowest BCUT2D eigenvalue weighted by molar-refractivity contribution is -0.131. The van der Waals surface area contributed by atoms with E-state index in [1.165, 1.54) is 0 Å². The lowest BCUT2D eigenvalue weighted by Crippen LogP contribution is -2.46. The number of ether oxygens (including phenoxy) is 1. The van der Waals surface area contributed by atoms with E-state index >= 15 is 0 Å². The second kappa shape index (κ2) is 13.4. The average molecular weight is 566 g/mol. The minimum atomic E-state index is -1.18. The summed E-state index contributed by atoms with van der Waals surface area (Å²) in [5.41, 5.74) is 4.52. The first-order valence-electron chi connectivity index (χ1n) is 14.4. The number of cyclic esters (lactones) is 1. The van der Waals surface area contributed by atoms with Gasteiger partial charge in [0.25, 0.3) is 0 Å². The van der Waals surface area contributed by atoms with Crippen LogP contribution in [0.4, 0.5) is 4.79 Å². The number of benzene rings is 3. The number of imide groups is 1. The van der Waals surface area contributed by atoms with Crippen LogP contribution in [0.5, 0.6) is 0 Å². The SMILES string of the molecule is Cc1cccc(-c2cc(C(=O)[C@@H](Cc3ccccc3)C(=O)N3C(=O)OC[C@H]3Cc3ccccc3)oc2CCCCO)c1. The average Bonchev–Trinajstić information content (AvgIpc) is 3.60. The van der Waals surface area contributed by atoms with Crippen LogP contribution in [0.3, 0.4) is 0 Å². The monoisotopic (exact) mass is 565 g/mol. The number of unbranched alkanes of at least 4 members (excludes halogenated alkanes) is 1. The summed E-state index contributed by atoms with van der Waals surface area (Å²) in [6, 6.07) is 28.0. The Morgan fingerprint density at radius 2 is 1.64 bits per heavy atom. The summed E-state index contributed by atoms with van der Waals surface area (Å²) in [5.74, 6) is -1.55. The summed E-state index contributed by atoms with van der Waals surface area (Å²) in [5, 5.41) is 9.31. The maximum absolute atomic E-state index is 14.2. The molecular weight excluding hydrogens is 530 g/mol. The Bertz CT molecular complexity index is 1530. The Labute approximate surface area is 245 Å². The molecule has 4 aromatic rings. The van der Waals surface area contributed by atoms with Crippen LogP contribution in [-0.4, -0.2) is 47.0 Å². The Balaban J connectivity index is 1.49. The van der Waals surface area contributed by atoms with Gasteiger partial charge in [0.05, 0.1) is 6.04 Å². The molecular formula is C35H35NO6. The van der Waals surface area contributed by atoms with Gasteiger partial charge in [-0.25, -0.2) is 9.69 Å². The van der Waals surface area contributed by atoms with Crippen LogP contribution in [0.15, 0.2) is 95.4 Å². The summed E-state index contributed by atoms with van der Waals surface area (Å²) in [6.45, 7) is 2.13. The number of aliphatic hydroxyl groups is 1. The third-order valence-electron chi connectivity index (χ3n) is 7.60. The Kier molecular flexibility index (Phi) is 9.29. The van der Waals surface area contributed by atoms with Crippen LogP contribution < -0.4 is 0 Å². The van der Waals surface area contributed by atoms with Crippen molar-refractivity contribution in [1.29, 1.82) is 0 Å². The molecule has 1 aliphatic rings. The zero-order valence-electron chi connectivity index (χ0n) is 23.7. The number of ketones is 1. The predicted octanol–water partition coefficient (Wildman–Crippen LogP) is 6.20. The van der Waals surface area contributed by atoms with Gasteiger partial charge in [-0.3, -0.25) is 9.59 Å². The van der Waals surface area contributed by atoms with E-state index in [9.17, 15) is 19.5 Å². The van der Waals surface area contributed by atoms with Gasteiger partial charge in [0, 0.05) is 18.6 Å². The number of nitrogens with zero attached hydrogens (tertiary/aromatic N) is 1. The minimum Gasteiger partial charge on any atom is -0.457 e. The molecule has 1 N–H and O–H groups in total. The third-order valence-corrected chi connectivity index (χ3v) is 7.60. The zero-order chi connectivity index (χ0) is 29.5. The van der Waals surface area contributed by atoms with Crippen LogP contribution in [0.2, 0.25) is 0 Å². The van der Waals surface area contributed by atoms with Crippen molar-refractivity contribution < 1.29 is 28.6 Å². The number of rotatable bonds is 12. The first-order chi connectivity index (χ1) is 20.4. The fourth-order valence-electron chi connectivity index (χ4n) is 5.44. The van der Waals surface area contributed by atoms with Gasteiger partial charge in [-0.2, -0.15) is 0 Å². The summed E-state index contributed by atoms with van der Waals surface area (Å²) in [4.78, 5) is 42.3. The third kappa shape index (κ3) is 6.69. The van der Waals surface area contributed by atoms with Crippen molar-refractivity contribution in [3.05, 3.63) is 119 Å². The highest BCUT2D eigenvalue weighted by Crippen LogP contribution is 2.32. The van der Waals surface area contributed by atoms with Crippen molar-refractivity contribution >= 4 is 17.8 Å². The number of Topliss-reactive ketones (excluding diaryl/α,β-unsaturated/α-hetero) is 1. The van der Waals surface area contributed by atoms with E-state index in [0.29, 0.717) is 31.4 Å². The molecule has 1 saturated heterocycles. The maximum Gasteiger partial charge on any atom is 0.417 e. The van der Waals surface area contributed by atoms with E-state index in [2.05, 4.69) is 0 Å². The number of hydrogen-bond donors (Lipinski definition) is 1. The van der Waals surface area contributed by atoms with Gasteiger partial charge >= 0.3 is 6.09 Å². The van der Waals surface area contributed by atoms with Crippen molar-refractivity contribution in [2.45, 2.75) is 45.1 Å². The van der Waals surface area contributed by atoms with Gasteiger partial charge in [0.1, 0.15) is 18.3 Å². The van der Waals surface area contributed by atoms with Crippen LogP contribution in [0, 0.1) is 12.8 Å². The molecule has 7 heteroatoms. The Morgan fingerprint density at radius 1 is 0.929 bits per heavy atom. The minimum absolute atomic E-state index is 0.0655. The fourth-order valence-corrected chi connectivity index (χ4v) is 5.44. The lowest BCUT2D eigenvalue weighted by Gasteiger charge is -2.24. The summed E-state index contributed by atoms with van der Waals surface area (Å²) in [6.07, 6.45) is 1.62. The standard InChI is InChI=1S/C35H35NO6/c1-24-11-10-16-27(19-24)29-22-32(42-31(29)17-8-9-18-37)33(38)30(21-26-14-6-3-7-15-26)34(39)36-28(23-41-35(36)40)20-25-12-4-2-5-13-25/h2-7,10-16,19,22,28,30,37H,8-9,17-18,20-21,23H2,1H3/t28-,30-/m1/s1. The molecule has 2 heterocycles. The van der Waals surface area contributed by atoms with Gasteiger partial charge in [-0.15, -0.1) is 0 Å². The molecule has 42 heavy (non-hydrogen) atoms. The molecule has 0 bridgehead atoms. The quantitative estimate of drug-likeness (QED) is 0.125. The fraction of sp³-hybridized carbons (Fsp3) is 0.286. The molecule has 1 fully saturated rings. The van der Waals surface area contributed by atoms with Crippen LogP contribution in [0.25, 0.3) is 11.1 Å². The van der Waals surface area contributed by atoms with Crippen molar-refractivity contribution in [1.82, 2.24) is 4.90 Å². The number of hydrogen-bond acceptors (Lipinski definition) is 6. The first kappa shape index (κ1) is 29.0. The normalized spacial score (nSPS) is 15.4. The van der Waals surface area contributed by atoms with E-state index < -0.39 is 29.7 Å². The van der Waals surface area contributed by atoms with Gasteiger partial charge in [-0.1, -0.05) is 90.5 Å². The van der Waals surface area contributed by atoms with Crippen LogP contribution >= 0.6 is 0 Å². The molecule has 1 aromatic heterocycles. The van der Waals surface area contributed by atoms with Crippen molar-refractivity contribution in [3.8, 4) is 11.1 Å². The zero-order valence-corrected chi connectivity index (χ0v) is 23.7. The molecule has 0 spiro atoms. The number of furan rings is 1. The first-order valence-corrected chi connectivity index (χ1v) is 14.4. The number of carbonyl (C=O) groups is 3. The molecule has 216 valence electrons. The number of amides is 2.